The first kappa shape index (κ1) is 13.9. The van der Waals surface area contributed by atoms with Crippen molar-refractivity contribution in [3.8, 4) is 0 Å². The molecule has 0 radical (unpaired) electrons. The maximum atomic E-state index is 5.03. The topological polar surface area (TPSA) is 12.0 Å². The number of unbranched alkanes of at least 4 members (excludes halogenated alkanes) is 5. The average molecular weight is 300 g/mol. The molecule has 1 nitrogen and oxygen atoms in total. The maximum absolute atomic E-state index is 5.03. The molecule has 0 aromatic rings. The summed E-state index contributed by atoms with van der Waals surface area (Å²) in [5, 5.41) is 3.22. The molecule has 0 aliphatic heterocycles. The average Bonchev–Trinajstić information content (AvgIpc) is 2.16. The third-order valence-corrected chi connectivity index (χ3v) is 4.64. The second-order valence-corrected chi connectivity index (χ2v) is 5.54. The fourth-order valence-corrected chi connectivity index (χ4v) is 1.82. The summed E-state index contributed by atoms with van der Waals surface area (Å²) in [6.45, 7) is 3.30. The first-order valence-corrected chi connectivity index (χ1v) is 8.49. The van der Waals surface area contributed by atoms with Crippen LogP contribution in [0.1, 0.15) is 45.4 Å². The van der Waals surface area contributed by atoms with Gasteiger partial charge in [-0.3, -0.25) is 0 Å². The van der Waals surface area contributed by atoms with E-state index in [1.807, 2.05) is 18.5 Å². The molecular formula is C9H18MoNS2. The summed E-state index contributed by atoms with van der Waals surface area (Å²) in [6, 6.07) is 0. The molecule has 0 saturated heterocycles. The summed E-state index contributed by atoms with van der Waals surface area (Å²) < 4.78 is 0.929. The summed E-state index contributed by atoms with van der Waals surface area (Å²) in [6.07, 6.45) is 8.08. The molecule has 77 valence electrons. The Hall–Kier alpha value is 0.928. The van der Waals surface area contributed by atoms with Crippen molar-refractivity contribution >= 4 is 26.0 Å². The minimum atomic E-state index is 0.929. The van der Waals surface area contributed by atoms with Crippen molar-refractivity contribution in [3.63, 3.8) is 0 Å². The summed E-state index contributed by atoms with van der Waals surface area (Å²) in [5.41, 5.74) is 0. The van der Waals surface area contributed by atoms with E-state index in [9.17, 15) is 0 Å². The zero-order valence-corrected chi connectivity index (χ0v) is 11.8. The number of thiocarbonyl (C=S) groups is 1. The molecule has 0 aliphatic rings. The van der Waals surface area contributed by atoms with Crippen LogP contribution in [0.15, 0.2) is 0 Å². The Morgan fingerprint density at radius 3 is 2.46 bits per heavy atom. The predicted molar refractivity (Wildman–Crippen MR) is 61.6 cm³/mol. The van der Waals surface area contributed by atoms with Crippen LogP contribution in [0.25, 0.3) is 0 Å². The van der Waals surface area contributed by atoms with E-state index in [1.165, 1.54) is 38.5 Å². The molecule has 1 N–H and O–H groups in total. The molecule has 0 aromatic heterocycles. The molecule has 0 bridgehead atoms. The summed E-state index contributed by atoms with van der Waals surface area (Å²) >= 11 is 6.97. The van der Waals surface area contributed by atoms with Crippen molar-refractivity contribution in [3.05, 3.63) is 0 Å². The van der Waals surface area contributed by atoms with Gasteiger partial charge in [0.25, 0.3) is 0 Å². The van der Waals surface area contributed by atoms with Gasteiger partial charge < -0.3 is 0 Å². The fraction of sp³-hybridized carbons (Fsp3) is 0.889. The molecule has 0 fully saturated rings. The second kappa shape index (κ2) is 11.0. The molecule has 0 spiro atoms. The molecule has 0 atom stereocenters. The van der Waals surface area contributed by atoms with Gasteiger partial charge in [0.15, 0.2) is 0 Å². The van der Waals surface area contributed by atoms with Crippen LogP contribution in [0.5, 0.6) is 0 Å². The molecule has 0 rings (SSSR count). The van der Waals surface area contributed by atoms with Crippen LogP contribution in [-0.2, 0) is 18.5 Å². The van der Waals surface area contributed by atoms with E-state index in [2.05, 4.69) is 12.2 Å². The van der Waals surface area contributed by atoms with E-state index < -0.39 is 0 Å². The van der Waals surface area contributed by atoms with Crippen LogP contribution < -0.4 is 5.32 Å². The molecule has 13 heavy (non-hydrogen) atoms. The van der Waals surface area contributed by atoms with Gasteiger partial charge >= 0.3 is 102 Å². The molecule has 0 aliphatic carbocycles. The van der Waals surface area contributed by atoms with Crippen LogP contribution in [0.4, 0.5) is 0 Å². The third kappa shape index (κ3) is 10.9. The normalized spacial score (nSPS) is 9.92. The first-order chi connectivity index (χ1) is 6.31. The van der Waals surface area contributed by atoms with Crippen LogP contribution in [0, 0.1) is 0 Å². The van der Waals surface area contributed by atoms with Crippen LogP contribution in [-0.4, -0.2) is 10.9 Å². The van der Waals surface area contributed by atoms with Gasteiger partial charge in [-0.15, -0.1) is 0 Å². The zero-order chi connectivity index (χ0) is 9.94. The molecule has 0 amide bonds. The predicted octanol–water partition coefficient (Wildman–Crippen LogP) is 3.42. The zero-order valence-electron chi connectivity index (χ0n) is 8.17. The fourth-order valence-electron chi connectivity index (χ4n) is 1.13. The molecule has 0 aromatic carbocycles. The standard InChI is InChI=1S/C9H19NS2.Mo/c1-2-3-4-5-6-7-8-10-9(11)12;/h2-8H2,1H3,(H2,10,11,12);/q;+1/p-1. The SMILES string of the molecule is CCCCCCCCNC(=S)[S][Mo]. The van der Waals surface area contributed by atoms with Crippen LogP contribution >= 0.6 is 21.7 Å². The van der Waals surface area contributed by atoms with Gasteiger partial charge in [-0.25, -0.2) is 0 Å². The van der Waals surface area contributed by atoms with Crippen LogP contribution in [0.3, 0.4) is 0 Å². The quantitative estimate of drug-likeness (QED) is 0.439. The molecule has 4 heteroatoms. The van der Waals surface area contributed by atoms with E-state index in [4.69, 9.17) is 12.2 Å². The third-order valence-electron chi connectivity index (χ3n) is 1.88. The van der Waals surface area contributed by atoms with Crippen molar-refractivity contribution in [1.82, 2.24) is 5.32 Å². The van der Waals surface area contributed by atoms with Gasteiger partial charge in [-0.1, -0.05) is 0 Å². The monoisotopic (exact) mass is 302 g/mol. The van der Waals surface area contributed by atoms with Crippen molar-refractivity contribution in [2.24, 2.45) is 0 Å². The van der Waals surface area contributed by atoms with E-state index in [-0.39, 0.29) is 0 Å². The molecule has 0 unspecified atom stereocenters. The van der Waals surface area contributed by atoms with Crippen molar-refractivity contribution in [2.45, 2.75) is 45.4 Å². The first-order valence-electron chi connectivity index (χ1n) is 4.89. The summed E-state index contributed by atoms with van der Waals surface area (Å²) in [5.74, 6) is 0. The minimum absolute atomic E-state index is 0.929. The molecule has 0 heterocycles. The number of rotatable bonds is 7. The van der Waals surface area contributed by atoms with Gasteiger partial charge in [-0.2, -0.15) is 0 Å². The van der Waals surface area contributed by atoms with Crippen molar-refractivity contribution in [2.75, 3.05) is 6.54 Å². The van der Waals surface area contributed by atoms with Crippen LogP contribution in [0.2, 0.25) is 0 Å². The van der Waals surface area contributed by atoms with Crippen molar-refractivity contribution < 1.29 is 18.5 Å². The molecule has 0 saturated carbocycles. The van der Waals surface area contributed by atoms with E-state index in [1.54, 1.807) is 9.47 Å². The summed E-state index contributed by atoms with van der Waals surface area (Å²) in [7, 11) is 1.63. The van der Waals surface area contributed by atoms with E-state index in [0.29, 0.717) is 0 Å². The number of hydrogen-bond acceptors (Lipinski definition) is 2. The Kier molecular flexibility index (Phi) is 11.8. The van der Waals surface area contributed by atoms with Gasteiger partial charge in [0, 0.05) is 0 Å². The van der Waals surface area contributed by atoms with E-state index in [0.717, 1.165) is 10.9 Å². The summed E-state index contributed by atoms with van der Waals surface area (Å²) in [4.78, 5) is 0. The Labute approximate surface area is 101 Å². The van der Waals surface area contributed by atoms with E-state index >= 15 is 0 Å². The van der Waals surface area contributed by atoms with Gasteiger partial charge in [0.2, 0.25) is 0 Å². The van der Waals surface area contributed by atoms with Gasteiger partial charge in [-0.05, 0) is 0 Å². The Morgan fingerprint density at radius 2 is 1.85 bits per heavy atom. The van der Waals surface area contributed by atoms with Crippen molar-refractivity contribution in [1.29, 1.82) is 0 Å². The second-order valence-electron chi connectivity index (χ2n) is 3.07. The Bertz CT molecular complexity index is 131. The van der Waals surface area contributed by atoms with Gasteiger partial charge in [0.05, 0.1) is 0 Å². The Morgan fingerprint density at radius 1 is 1.23 bits per heavy atom. The number of nitrogens with one attached hydrogen (secondary N) is 1. The number of hydrogen-bond donors (Lipinski definition) is 1. The molecular weight excluding hydrogens is 282 g/mol. The van der Waals surface area contributed by atoms with Gasteiger partial charge in [0.1, 0.15) is 0 Å². The Balaban J connectivity index is 2.95.